The van der Waals surface area contributed by atoms with E-state index in [1.807, 2.05) is 0 Å². The highest BCUT2D eigenvalue weighted by molar-refractivity contribution is 7.09. The van der Waals surface area contributed by atoms with Gasteiger partial charge in [-0.25, -0.2) is 14.9 Å². The van der Waals surface area contributed by atoms with Crippen molar-refractivity contribution in [2.45, 2.75) is 19.4 Å². The first-order valence-electron chi connectivity index (χ1n) is 6.96. The van der Waals surface area contributed by atoms with Crippen molar-refractivity contribution in [2.75, 3.05) is 6.61 Å². The number of amides is 1. The molecule has 1 aliphatic carbocycles. The predicted molar refractivity (Wildman–Crippen MR) is 79.0 cm³/mol. The lowest BCUT2D eigenvalue weighted by Gasteiger charge is -2.04. The van der Waals surface area contributed by atoms with Gasteiger partial charge in [-0.3, -0.25) is 9.63 Å². The van der Waals surface area contributed by atoms with Crippen LogP contribution in [0.2, 0.25) is 0 Å². The molecule has 2 aromatic rings. The summed E-state index contributed by atoms with van der Waals surface area (Å²) in [4.78, 5) is 21.1. The Morgan fingerprint density at radius 3 is 3.00 bits per heavy atom. The Hall–Kier alpha value is -1.99. The summed E-state index contributed by atoms with van der Waals surface area (Å²) in [6.45, 7) is 0.654. The summed E-state index contributed by atoms with van der Waals surface area (Å²) >= 11 is 1.28. The fourth-order valence-electron chi connectivity index (χ4n) is 1.74. The molecule has 3 rings (SSSR count). The number of thiazole rings is 1. The number of carbonyl (C=O) groups excluding carboxylic acids is 1. The third-order valence-corrected chi connectivity index (χ3v) is 3.98. The topological polar surface area (TPSA) is 60.5 Å². The van der Waals surface area contributed by atoms with Crippen LogP contribution in [-0.2, 0) is 11.4 Å². The van der Waals surface area contributed by atoms with Crippen LogP contribution in [0.15, 0.2) is 29.6 Å². The highest BCUT2D eigenvalue weighted by atomic mass is 32.1. The maximum Gasteiger partial charge on any atom is 0.294 e. The number of ether oxygens (including phenoxy) is 1. The van der Waals surface area contributed by atoms with Crippen molar-refractivity contribution < 1.29 is 18.8 Å². The van der Waals surface area contributed by atoms with Crippen molar-refractivity contribution in [1.82, 2.24) is 10.5 Å². The quantitative estimate of drug-likeness (QED) is 0.796. The van der Waals surface area contributed by atoms with Crippen molar-refractivity contribution in [3.05, 3.63) is 46.2 Å². The normalized spacial score (nSPS) is 13.9. The van der Waals surface area contributed by atoms with Crippen molar-refractivity contribution in [2.24, 2.45) is 5.92 Å². The average molecular weight is 322 g/mol. The van der Waals surface area contributed by atoms with Crippen LogP contribution in [-0.4, -0.2) is 17.5 Å². The van der Waals surface area contributed by atoms with Gasteiger partial charge in [-0.15, -0.1) is 11.3 Å². The number of nitrogens with zero attached hydrogens (tertiary/aromatic N) is 1. The molecule has 0 saturated heterocycles. The second kappa shape index (κ2) is 6.85. The first-order chi connectivity index (χ1) is 10.7. The van der Waals surface area contributed by atoms with Crippen LogP contribution in [0.4, 0.5) is 4.39 Å². The van der Waals surface area contributed by atoms with Gasteiger partial charge in [-0.05, 0) is 30.9 Å². The molecule has 1 saturated carbocycles. The smallest absolute Gasteiger partial charge is 0.294 e. The summed E-state index contributed by atoms with van der Waals surface area (Å²) in [5, 5.41) is 2.21. The molecule has 0 spiro atoms. The Balaban J connectivity index is 1.49. The Kier molecular flexibility index (Phi) is 4.65. The lowest BCUT2D eigenvalue weighted by atomic mass is 10.3. The number of nitrogens with one attached hydrogen (secondary N) is 1. The van der Waals surface area contributed by atoms with Gasteiger partial charge in [0.05, 0.1) is 6.61 Å². The molecule has 0 aliphatic heterocycles. The van der Waals surface area contributed by atoms with Gasteiger partial charge >= 0.3 is 0 Å². The van der Waals surface area contributed by atoms with Gasteiger partial charge in [-0.2, -0.15) is 0 Å². The standard InChI is InChI=1S/C15H15FN2O3S/c16-11-3-1-2-4-13(11)20-8-14-17-12(9-22-14)15(19)18-21-7-10-5-6-10/h1-4,9-10H,5-8H2,(H,18,19). The van der Waals surface area contributed by atoms with E-state index in [1.165, 1.54) is 17.4 Å². The molecule has 1 aromatic carbocycles. The van der Waals surface area contributed by atoms with Crippen LogP contribution < -0.4 is 10.2 Å². The van der Waals surface area contributed by atoms with E-state index in [4.69, 9.17) is 9.57 Å². The van der Waals surface area contributed by atoms with Crippen LogP contribution in [0, 0.1) is 11.7 Å². The minimum absolute atomic E-state index is 0.113. The van der Waals surface area contributed by atoms with Gasteiger partial charge in [0, 0.05) is 5.38 Å². The maximum absolute atomic E-state index is 13.4. The van der Waals surface area contributed by atoms with E-state index in [2.05, 4.69) is 10.5 Å². The number of rotatable bonds is 7. The summed E-state index contributed by atoms with van der Waals surface area (Å²) in [5.41, 5.74) is 2.64. The van der Waals surface area contributed by atoms with Gasteiger partial charge in [-0.1, -0.05) is 12.1 Å². The first kappa shape index (κ1) is 14.9. The summed E-state index contributed by atoms with van der Waals surface area (Å²) < 4.78 is 18.8. The van der Waals surface area contributed by atoms with E-state index in [1.54, 1.807) is 23.6 Å². The van der Waals surface area contributed by atoms with E-state index in [-0.39, 0.29) is 24.0 Å². The lowest BCUT2D eigenvalue weighted by Crippen LogP contribution is -2.25. The van der Waals surface area contributed by atoms with Crippen LogP contribution in [0.1, 0.15) is 28.3 Å². The molecule has 1 fully saturated rings. The van der Waals surface area contributed by atoms with Crippen LogP contribution in [0.3, 0.4) is 0 Å². The highest BCUT2D eigenvalue weighted by Gasteiger charge is 2.22. The van der Waals surface area contributed by atoms with Gasteiger partial charge in [0.25, 0.3) is 5.91 Å². The zero-order valence-corrected chi connectivity index (χ0v) is 12.6. The van der Waals surface area contributed by atoms with Gasteiger partial charge in [0.1, 0.15) is 17.3 Å². The van der Waals surface area contributed by atoms with Gasteiger partial charge in [0.15, 0.2) is 11.6 Å². The molecule has 1 aromatic heterocycles. The number of halogens is 1. The molecule has 0 atom stereocenters. The number of para-hydroxylation sites is 1. The SMILES string of the molecule is O=C(NOCC1CC1)c1csc(COc2ccccc2F)n1. The van der Waals surface area contributed by atoms with E-state index in [9.17, 15) is 9.18 Å². The first-order valence-corrected chi connectivity index (χ1v) is 7.84. The molecular weight excluding hydrogens is 307 g/mol. The molecule has 0 bridgehead atoms. The number of aromatic nitrogens is 1. The molecule has 5 nitrogen and oxygen atoms in total. The largest absolute Gasteiger partial charge is 0.483 e. The van der Waals surface area contributed by atoms with Crippen LogP contribution >= 0.6 is 11.3 Å². The van der Waals surface area contributed by atoms with E-state index < -0.39 is 5.82 Å². The second-order valence-corrected chi connectivity index (χ2v) is 5.97. The van der Waals surface area contributed by atoms with E-state index in [0.29, 0.717) is 17.5 Å². The zero-order chi connectivity index (χ0) is 15.4. The second-order valence-electron chi connectivity index (χ2n) is 5.03. The Morgan fingerprint density at radius 2 is 2.23 bits per heavy atom. The molecule has 116 valence electrons. The zero-order valence-electron chi connectivity index (χ0n) is 11.8. The monoisotopic (exact) mass is 322 g/mol. The van der Waals surface area contributed by atoms with Crippen LogP contribution in [0.5, 0.6) is 5.75 Å². The molecule has 1 amide bonds. The third-order valence-electron chi connectivity index (χ3n) is 3.15. The van der Waals surface area contributed by atoms with Crippen molar-refractivity contribution in [3.8, 4) is 5.75 Å². The van der Waals surface area contributed by atoms with E-state index >= 15 is 0 Å². The van der Waals surface area contributed by atoms with Gasteiger partial charge in [0.2, 0.25) is 0 Å². The van der Waals surface area contributed by atoms with Crippen molar-refractivity contribution in [3.63, 3.8) is 0 Å². The van der Waals surface area contributed by atoms with E-state index in [0.717, 1.165) is 12.8 Å². The number of hydroxylamine groups is 1. The summed E-state index contributed by atoms with van der Waals surface area (Å²) in [6, 6.07) is 6.15. The highest BCUT2D eigenvalue weighted by Crippen LogP contribution is 2.28. The molecule has 1 aliphatic rings. The van der Waals surface area contributed by atoms with Crippen molar-refractivity contribution in [1.29, 1.82) is 0 Å². The molecule has 0 unspecified atom stereocenters. The number of hydrogen-bond acceptors (Lipinski definition) is 5. The number of benzene rings is 1. The fourth-order valence-corrected chi connectivity index (χ4v) is 2.43. The molecule has 1 N–H and O–H groups in total. The fraction of sp³-hybridized carbons (Fsp3) is 0.333. The summed E-state index contributed by atoms with van der Waals surface area (Å²) in [6.07, 6.45) is 2.31. The molecular formula is C15H15FN2O3S. The molecule has 0 radical (unpaired) electrons. The summed E-state index contributed by atoms with van der Waals surface area (Å²) in [5.74, 6) is -0.0727. The minimum Gasteiger partial charge on any atom is -0.483 e. The third kappa shape index (κ3) is 4.02. The van der Waals surface area contributed by atoms with Gasteiger partial charge < -0.3 is 4.74 Å². The Morgan fingerprint density at radius 1 is 1.41 bits per heavy atom. The number of carbonyl (C=O) groups is 1. The minimum atomic E-state index is -0.425. The maximum atomic E-state index is 13.4. The average Bonchev–Trinajstić information content (AvgIpc) is 3.22. The van der Waals surface area contributed by atoms with Crippen molar-refractivity contribution >= 4 is 17.2 Å². The molecule has 22 heavy (non-hydrogen) atoms. The Bertz CT molecular complexity index is 658. The number of hydrogen-bond donors (Lipinski definition) is 1. The molecule has 7 heteroatoms. The van der Waals surface area contributed by atoms with Crippen LogP contribution in [0.25, 0.3) is 0 Å². The summed E-state index contributed by atoms with van der Waals surface area (Å²) in [7, 11) is 0. The predicted octanol–water partition coefficient (Wildman–Crippen LogP) is 2.93. The lowest BCUT2D eigenvalue weighted by molar-refractivity contribution is 0.0266. The molecule has 1 heterocycles. The Labute approximate surface area is 131 Å².